The van der Waals surface area contributed by atoms with Gasteiger partial charge in [-0.1, -0.05) is 18.2 Å². The molecule has 0 amide bonds. The monoisotopic (exact) mass is 399 g/mol. The van der Waals surface area contributed by atoms with Crippen LogP contribution in [-0.2, 0) is 12.3 Å². The molecule has 10 heteroatoms. The van der Waals surface area contributed by atoms with Crippen LogP contribution in [0.1, 0.15) is 11.4 Å². The summed E-state index contributed by atoms with van der Waals surface area (Å²) >= 11 is 0. The zero-order chi connectivity index (χ0) is 20.4. The van der Waals surface area contributed by atoms with E-state index in [9.17, 15) is 27.1 Å². The van der Waals surface area contributed by atoms with E-state index >= 15 is 0 Å². The first kappa shape index (κ1) is 19.7. The van der Waals surface area contributed by atoms with E-state index in [0.717, 1.165) is 24.4 Å². The molecule has 0 saturated heterocycles. The number of nitrogens with zero attached hydrogens (tertiary/aromatic N) is 2. The summed E-state index contributed by atoms with van der Waals surface area (Å²) in [7, 11) is 0. The topological polar surface area (TPSA) is 71.0 Å². The number of halogens is 5. The minimum atomic E-state index is -4.80. The fourth-order valence-electron chi connectivity index (χ4n) is 2.52. The normalized spacial score (nSPS) is 13.4. The van der Waals surface area contributed by atoms with Gasteiger partial charge < -0.3 is 9.84 Å². The van der Waals surface area contributed by atoms with E-state index in [-0.39, 0.29) is 6.42 Å². The fourth-order valence-corrected chi connectivity index (χ4v) is 2.52. The van der Waals surface area contributed by atoms with Crippen LogP contribution in [-0.4, -0.2) is 32.8 Å². The van der Waals surface area contributed by atoms with Crippen molar-refractivity contribution in [1.82, 2.24) is 15.2 Å². The first-order valence-electron chi connectivity index (χ1n) is 8.02. The summed E-state index contributed by atoms with van der Waals surface area (Å²) in [4.78, 5) is 3.71. The van der Waals surface area contributed by atoms with Crippen LogP contribution in [0, 0.1) is 0 Å². The molecule has 0 aliphatic heterocycles. The molecule has 0 fully saturated rings. The largest absolute Gasteiger partial charge is 0.573 e. The van der Waals surface area contributed by atoms with Crippen molar-refractivity contribution in [2.24, 2.45) is 0 Å². The summed E-state index contributed by atoms with van der Waals surface area (Å²) in [5.41, 5.74) is 0.612. The molecule has 0 bridgehead atoms. The van der Waals surface area contributed by atoms with Gasteiger partial charge in [-0.2, -0.15) is 13.9 Å². The molecule has 2 heterocycles. The molecule has 148 valence electrons. The first-order valence-corrected chi connectivity index (χ1v) is 8.02. The molecule has 5 nitrogen and oxygen atoms in total. The molecule has 0 radical (unpaired) electrons. The molecule has 2 aromatic heterocycles. The van der Waals surface area contributed by atoms with Crippen LogP contribution in [0.5, 0.6) is 5.75 Å². The van der Waals surface area contributed by atoms with Gasteiger partial charge in [0.05, 0.1) is 0 Å². The van der Waals surface area contributed by atoms with Crippen molar-refractivity contribution in [2.45, 2.75) is 24.8 Å². The maximum atomic E-state index is 14.4. The zero-order valence-electron chi connectivity index (χ0n) is 14.1. The Morgan fingerprint density at radius 2 is 1.64 bits per heavy atom. The summed E-state index contributed by atoms with van der Waals surface area (Å²) in [5.74, 6) is -4.00. The Hall–Kier alpha value is -3.01. The quantitative estimate of drug-likeness (QED) is 0.613. The van der Waals surface area contributed by atoms with Crippen LogP contribution in [0.15, 0.2) is 54.9 Å². The SMILES string of the molecule is OC(Cc1ccn[nH]1)C(F)(F)c1ccc(-c2ccc(OC(F)(F)F)cc2)cn1. The van der Waals surface area contributed by atoms with E-state index in [1.165, 1.54) is 30.5 Å². The van der Waals surface area contributed by atoms with Crippen molar-refractivity contribution in [1.29, 1.82) is 0 Å². The van der Waals surface area contributed by atoms with Crippen LogP contribution in [0.4, 0.5) is 22.0 Å². The number of H-pyrrole nitrogens is 1. The highest BCUT2D eigenvalue weighted by Crippen LogP contribution is 2.33. The number of aromatic amines is 1. The number of aliphatic hydroxyl groups is 1. The second-order valence-corrected chi connectivity index (χ2v) is 5.93. The highest BCUT2D eigenvalue weighted by Gasteiger charge is 2.42. The number of ether oxygens (including phenoxy) is 1. The van der Waals surface area contributed by atoms with E-state index in [1.54, 1.807) is 0 Å². The van der Waals surface area contributed by atoms with Gasteiger partial charge in [0.15, 0.2) is 0 Å². The number of benzene rings is 1. The number of hydrogen-bond donors (Lipinski definition) is 2. The Kier molecular flexibility index (Phi) is 5.32. The Morgan fingerprint density at radius 3 is 2.18 bits per heavy atom. The third kappa shape index (κ3) is 4.63. The standard InChI is InChI=1S/C18H14F5N3O2/c19-17(20,16(27)9-13-7-8-25-26-13)15-6-3-12(10-24-15)11-1-4-14(5-2-11)28-18(21,22)23/h1-8,10,16,27H,9H2,(H,25,26). The number of nitrogens with one attached hydrogen (secondary N) is 1. The lowest BCUT2D eigenvalue weighted by molar-refractivity contribution is -0.274. The van der Waals surface area contributed by atoms with Crippen molar-refractivity contribution in [3.8, 4) is 16.9 Å². The van der Waals surface area contributed by atoms with Crippen LogP contribution >= 0.6 is 0 Å². The summed E-state index contributed by atoms with van der Waals surface area (Å²) in [6.07, 6.45) is -4.60. The number of pyridine rings is 1. The van der Waals surface area contributed by atoms with Crippen LogP contribution < -0.4 is 4.74 Å². The van der Waals surface area contributed by atoms with E-state index in [0.29, 0.717) is 16.8 Å². The third-order valence-electron chi connectivity index (χ3n) is 3.92. The summed E-state index contributed by atoms with van der Waals surface area (Å²) in [6, 6.07) is 8.80. The molecule has 0 saturated carbocycles. The molecule has 28 heavy (non-hydrogen) atoms. The van der Waals surface area contributed by atoms with Crippen molar-refractivity contribution in [3.63, 3.8) is 0 Å². The lowest BCUT2D eigenvalue weighted by Crippen LogP contribution is -2.33. The number of hydrogen-bond acceptors (Lipinski definition) is 4. The second-order valence-electron chi connectivity index (χ2n) is 5.93. The van der Waals surface area contributed by atoms with Crippen LogP contribution in [0.2, 0.25) is 0 Å². The van der Waals surface area contributed by atoms with E-state index in [2.05, 4.69) is 19.9 Å². The molecule has 1 atom stereocenters. The van der Waals surface area contributed by atoms with E-state index < -0.39 is 29.8 Å². The van der Waals surface area contributed by atoms with Crippen molar-refractivity contribution < 1.29 is 31.8 Å². The molecular weight excluding hydrogens is 385 g/mol. The Morgan fingerprint density at radius 1 is 0.964 bits per heavy atom. The zero-order valence-corrected chi connectivity index (χ0v) is 14.1. The highest BCUT2D eigenvalue weighted by molar-refractivity contribution is 5.63. The average Bonchev–Trinajstić information content (AvgIpc) is 3.14. The van der Waals surface area contributed by atoms with Gasteiger partial charge in [0.2, 0.25) is 0 Å². The molecule has 3 aromatic rings. The van der Waals surface area contributed by atoms with Gasteiger partial charge in [0.25, 0.3) is 0 Å². The Bertz CT molecular complexity index is 894. The third-order valence-corrected chi connectivity index (χ3v) is 3.92. The number of aromatic nitrogens is 3. The van der Waals surface area contributed by atoms with Crippen LogP contribution in [0.25, 0.3) is 11.1 Å². The maximum Gasteiger partial charge on any atom is 0.573 e. The van der Waals surface area contributed by atoms with E-state index in [1.807, 2.05) is 0 Å². The summed E-state index contributed by atoms with van der Waals surface area (Å²) in [5, 5.41) is 16.0. The van der Waals surface area contributed by atoms with Gasteiger partial charge >= 0.3 is 12.3 Å². The minimum absolute atomic E-state index is 0.336. The number of rotatable bonds is 6. The molecule has 2 N–H and O–H groups in total. The lowest BCUT2D eigenvalue weighted by Gasteiger charge is -2.21. The maximum absolute atomic E-state index is 14.4. The molecular formula is C18H14F5N3O2. The van der Waals surface area contributed by atoms with Gasteiger partial charge in [-0.05, 0) is 29.8 Å². The van der Waals surface area contributed by atoms with E-state index in [4.69, 9.17) is 0 Å². The van der Waals surface area contributed by atoms with Crippen LogP contribution in [0.3, 0.4) is 0 Å². The predicted octanol–water partition coefficient (Wildman–Crippen LogP) is 4.07. The van der Waals surface area contributed by atoms with Crippen molar-refractivity contribution >= 4 is 0 Å². The molecule has 0 spiro atoms. The van der Waals surface area contributed by atoms with Gasteiger partial charge in [-0.25, -0.2) is 0 Å². The Labute approximate surface area is 155 Å². The van der Waals surface area contributed by atoms with Gasteiger partial charge in [-0.15, -0.1) is 13.2 Å². The molecule has 1 unspecified atom stereocenters. The van der Waals surface area contributed by atoms with Crippen molar-refractivity contribution in [2.75, 3.05) is 0 Å². The fraction of sp³-hybridized carbons (Fsp3) is 0.222. The summed E-state index contributed by atoms with van der Waals surface area (Å²) in [6.45, 7) is 0. The average molecular weight is 399 g/mol. The number of aliphatic hydroxyl groups excluding tert-OH is 1. The molecule has 0 aliphatic carbocycles. The van der Waals surface area contributed by atoms with Gasteiger partial charge in [0.1, 0.15) is 17.5 Å². The second kappa shape index (κ2) is 7.55. The smallest absolute Gasteiger partial charge is 0.406 e. The first-order chi connectivity index (χ1) is 13.1. The minimum Gasteiger partial charge on any atom is -0.406 e. The summed E-state index contributed by atoms with van der Waals surface area (Å²) < 4.78 is 69.1. The molecule has 1 aromatic carbocycles. The lowest BCUT2D eigenvalue weighted by atomic mass is 10.0. The predicted molar refractivity (Wildman–Crippen MR) is 88.5 cm³/mol. The Balaban J connectivity index is 1.73. The number of alkyl halides is 5. The molecule has 0 aliphatic rings. The van der Waals surface area contributed by atoms with Gasteiger partial charge in [-0.3, -0.25) is 10.1 Å². The molecule has 3 rings (SSSR count). The van der Waals surface area contributed by atoms with Gasteiger partial charge in [0, 0.05) is 30.1 Å². The highest BCUT2D eigenvalue weighted by atomic mass is 19.4. The van der Waals surface area contributed by atoms with Crippen molar-refractivity contribution in [3.05, 3.63) is 66.2 Å².